The summed E-state index contributed by atoms with van der Waals surface area (Å²) in [6.45, 7) is 5.75. The Kier molecular flexibility index (Phi) is 9.09. The smallest absolute Gasteiger partial charge is 0.243 e. The molecule has 7 heteroatoms. The van der Waals surface area contributed by atoms with Crippen LogP contribution in [0.4, 0.5) is 5.69 Å². The fraction of sp³-hybridized carbons (Fsp3) is 0.467. The minimum absolute atomic E-state index is 0. The van der Waals surface area contributed by atoms with Gasteiger partial charge >= 0.3 is 0 Å². The second-order valence-electron chi connectivity index (χ2n) is 5.49. The van der Waals surface area contributed by atoms with Gasteiger partial charge in [0.05, 0.1) is 23.3 Å². The lowest BCUT2D eigenvalue weighted by Gasteiger charge is -2.14. The zero-order valence-electron chi connectivity index (χ0n) is 13.0. The van der Waals surface area contributed by atoms with Gasteiger partial charge in [-0.25, -0.2) is 0 Å². The Hall–Kier alpha value is -1.30. The summed E-state index contributed by atoms with van der Waals surface area (Å²) in [5.41, 5.74) is 7.26. The Morgan fingerprint density at radius 1 is 1.32 bits per heavy atom. The summed E-state index contributed by atoms with van der Waals surface area (Å²) in [6, 6.07) is 4.73. The third-order valence-electron chi connectivity index (χ3n) is 2.88. The van der Waals surface area contributed by atoms with E-state index in [-0.39, 0.29) is 30.8 Å². The van der Waals surface area contributed by atoms with E-state index >= 15 is 0 Å². The first-order valence-electron chi connectivity index (χ1n) is 6.89. The van der Waals surface area contributed by atoms with Gasteiger partial charge < -0.3 is 16.4 Å². The third kappa shape index (κ3) is 7.11. The van der Waals surface area contributed by atoms with E-state index in [2.05, 4.69) is 10.6 Å². The molecule has 22 heavy (non-hydrogen) atoms. The fourth-order valence-corrected chi connectivity index (χ4v) is 2.11. The Morgan fingerprint density at radius 3 is 2.50 bits per heavy atom. The van der Waals surface area contributed by atoms with Crippen LogP contribution in [0.25, 0.3) is 0 Å². The first-order valence-corrected chi connectivity index (χ1v) is 7.26. The average Bonchev–Trinajstić information content (AvgIpc) is 2.38. The molecule has 0 spiro atoms. The molecule has 2 amide bonds. The summed E-state index contributed by atoms with van der Waals surface area (Å²) in [7, 11) is 0. The number of amides is 2. The van der Waals surface area contributed by atoms with Crippen LogP contribution in [0, 0.1) is 12.8 Å². The zero-order chi connectivity index (χ0) is 16.0. The number of rotatable bonds is 6. The standard InChI is InChI=1S/C15H22ClN3O2.ClH/c1-9(2)6-12(17)15(21)18-8-14(20)19-13-5-4-10(3)7-11(13)16;/h4-5,7,9,12H,6,8,17H2,1-3H3,(H,18,21)(H,19,20);1H/t12-;/m0./s1. The van der Waals surface area contributed by atoms with Gasteiger partial charge in [0.25, 0.3) is 0 Å². The molecular weight excluding hydrogens is 325 g/mol. The summed E-state index contributed by atoms with van der Waals surface area (Å²) in [4.78, 5) is 23.5. The molecule has 0 aliphatic heterocycles. The highest BCUT2D eigenvalue weighted by molar-refractivity contribution is 6.33. The molecular formula is C15H23Cl2N3O2. The van der Waals surface area contributed by atoms with E-state index in [1.54, 1.807) is 12.1 Å². The number of nitrogens with one attached hydrogen (secondary N) is 2. The molecule has 0 aromatic heterocycles. The lowest BCUT2D eigenvalue weighted by molar-refractivity contribution is -0.125. The monoisotopic (exact) mass is 347 g/mol. The minimum atomic E-state index is -0.597. The average molecular weight is 348 g/mol. The molecule has 1 atom stereocenters. The molecule has 0 saturated heterocycles. The molecule has 1 aromatic carbocycles. The first kappa shape index (κ1) is 20.7. The van der Waals surface area contributed by atoms with Crippen LogP contribution in [0.1, 0.15) is 25.8 Å². The Bertz CT molecular complexity index is 522. The normalized spacial score (nSPS) is 11.5. The predicted molar refractivity (Wildman–Crippen MR) is 92.5 cm³/mol. The molecule has 0 unspecified atom stereocenters. The highest BCUT2D eigenvalue weighted by Crippen LogP contribution is 2.22. The van der Waals surface area contributed by atoms with E-state index < -0.39 is 6.04 Å². The van der Waals surface area contributed by atoms with Gasteiger partial charge in [0.1, 0.15) is 0 Å². The van der Waals surface area contributed by atoms with Crippen LogP contribution in [-0.2, 0) is 9.59 Å². The maximum atomic E-state index is 11.8. The maximum absolute atomic E-state index is 11.8. The van der Waals surface area contributed by atoms with Crippen molar-refractivity contribution < 1.29 is 9.59 Å². The molecule has 0 heterocycles. The van der Waals surface area contributed by atoms with Crippen molar-refractivity contribution >= 4 is 41.5 Å². The number of anilines is 1. The quantitative estimate of drug-likeness (QED) is 0.739. The first-order chi connectivity index (χ1) is 9.79. The van der Waals surface area contributed by atoms with Crippen molar-refractivity contribution in [2.75, 3.05) is 11.9 Å². The Morgan fingerprint density at radius 2 is 1.95 bits per heavy atom. The van der Waals surface area contributed by atoms with Crippen molar-refractivity contribution in [1.82, 2.24) is 5.32 Å². The van der Waals surface area contributed by atoms with Gasteiger partial charge in [-0.15, -0.1) is 12.4 Å². The predicted octanol–water partition coefficient (Wildman–Crippen LogP) is 2.50. The van der Waals surface area contributed by atoms with Crippen LogP contribution in [-0.4, -0.2) is 24.4 Å². The summed E-state index contributed by atoms with van der Waals surface area (Å²) in [5.74, 6) is -0.342. The van der Waals surface area contributed by atoms with Gasteiger partial charge in [-0.1, -0.05) is 31.5 Å². The third-order valence-corrected chi connectivity index (χ3v) is 3.20. The Labute approximate surface area is 142 Å². The molecule has 0 saturated carbocycles. The highest BCUT2D eigenvalue weighted by Gasteiger charge is 2.15. The van der Waals surface area contributed by atoms with Crippen molar-refractivity contribution in [3.63, 3.8) is 0 Å². The second kappa shape index (κ2) is 9.66. The number of carbonyl (C=O) groups excluding carboxylic acids is 2. The molecule has 0 bridgehead atoms. The molecule has 0 fully saturated rings. The van der Waals surface area contributed by atoms with Crippen LogP contribution in [0.3, 0.4) is 0 Å². The van der Waals surface area contributed by atoms with Crippen LogP contribution in [0.2, 0.25) is 5.02 Å². The molecule has 1 rings (SSSR count). The SMILES string of the molecule is Cc1ccc(NC(=O)CNC(=O)[C@@H](N)CC(C)C)c(Cl)c1.Cl. The van der Waals surface area contributed by atoms with E-state index in [1.807, 2.05) is 26.8 Å². The van der Waals surface area contributed by atoms with E-state index in [0.717, 1.165) is 5.56 Å². The topological polar surface area (TPSA) is 84.2 Å². The van der Waals surface area contributed by atoms with E-state index in [4.69, 9.17) is 17.3 Å². The molecule has 0 radical (unpaired) electrons. The van der Waals surface area contributed by atoms with E-state index in [1.165, 1.54) is 0 Å². The van der Waals surface area contributed by atoms with Crippen LogP contribution in [0.5, 0.6) is 0 Å². The summed E-state index contributed by atoms with van der Waals surface area (Å²) in [6.07, 6.45) is 0.581. The van der Waals surface area contributed by atoms with Gasteiger partial charge in [0.2, 0.25) is 11.8 Å². The van der Waals surface area contributed by atoms with Crippen molar-refractivity contribution in [3.8, 4) is 0 Å². The largest absolute Gasteiger partial charge is 0.346 e. The molecule has 1 aromatic rings. The number of halogens is 2. The van der Waals surface area contributed by atoms with Gasteiger partial charge in [-0.2, -0.15) is 0 Å². The van der Waals surface area contributed by atoms with Gasteiger partial charge in [0.15, 0.2) is 0 Å². The highest BCUT2D eigenvalue weighted by atomic mass is 35.5. The maximum Gasteiger partial charge on any atom is 0.243 e. The summed E-state index contributed by atoms with van der Waals surface area (Å²) in [5, 5.41) is 5.63. The summed E-state index contributed by atoms with van der Waals surface area (Å²) >= 11 is 6.02. The minimum Gasteiger partial charge on any atom is -0.346 e. The van der Waals surface area contributed by atoms with Crippen LogP contribution >= 0.6 is 24.0 Å². The van der Waals surface area contributed by atoms with Crippen LogP contribution in [0.15, 0.2) is 18.2 Å². The number of hydrogen-bond acceptors (Lipinski definition) is 3. The van der Waals surface area contributed by atoms with E-state index in [9.17, 15) is 9.59 Å². The number of carbonyl (C=O) groups is 2. The molecule has 0 aliphatic carbocycles. The molecule has 0 aliphatic rings. The van der Waals surface area contributed by atoms with Crippen LogP contribution < -0.4 is 16.4 Å². The van der Waals surface area contributed by atoms with Crippen molar-refractivity contribution in [3.05, 3.63) is 28.8 Å². The molecule has 4 N–H and O–H groups in total. The number of benzene rings is 1. The van der Waals surface area contributed by atoms with Gasteiger partial charge in [-0.05, 0) is 37.0 Å². The van der Waals surface area contributed by atoms with Gasteiger partial charge in [0, 0.05) is 0 Å². The molecule has 5 nitrogen and oxygen atoms in total. The van der Waals surface area contributed by atoms with Crippen molar-refractivity contribution in [2.24, 2.45) is 11.7 Å². The van der Waals surface area contributed by atoms with Gasteiger partial charge in [-0.3, -0.25) is 9.59 Å². The zero-order valence-corrected chi connectivity index (χ0v) is 14.6. The second-order valence-corrected chi connectivity index (χ2v) is 5.89. The summed E-state index contributed by atoms with van der Waals surface area (Å²) < 4.78 is 0. The van der Waals surface area contributed by atoms with E-state index in [0.29, 0.717) is 23.0 Å². The van der Waals surface area contributed by atoms with Crippen molar-refractivity contribution in [1.29, 1.82) is 0 Å². The Balaban J connectivity index is 0.00000441. The fourth-order valence-electron chi connectivity index (χ4n) is 1.83. The van der Waals surface area contributed by atoms with Crippen molar-refractivity contribution in [2.45, 2.75) is 33.2 Å². The lowest BCUT2D eigenvalue weighted by atomic mass is 10.0. The lowest BCUT2D eigenvalue weighted by Crippen LogP contribution is -2.44. The number of nitrogens with two attached hydrogens (primary N) is 1. The number of hydrogen-bond donors (Lipinski definition) is 3. The number of aryl methyl sites for hydroxylation is 1. The molecule has 124 valence electrons.